The van der Waals surface area contributed by atoms with Crippen molar-refractivity contribution in [3.05, 3.63) is 76.2 Å². The third-order valence-electron chi connectivity index (χ3n) is 6.05. The summed E-state index contributed by atoms with van der Waals surface area (Å²) in [4.78, 5) is 30.9. The predicted molar refractivity (Wildman–Crippen MR) is 151 cm³/mol. The lowest BCUT2D eigenvalue weighted by Gasteiger charge is -2.28. The van der Waals surface area contributed by atoms with Crippen LogP contribution in [0, 0.1) is 5.82 Å². The maximum atomic E-state index is 14.2. The topological polar surface area (TPSA) is 80.3 Å². The first kappa shape index (κ1) is 29.9. The van der Waals surface area contributed by atoms with Crippen LogP contribution < -0.4 is 14.8 Å². The second kappa shape index (κ2) is 15.7. The number of nitrogens with zero attached hydrogens (tertiary/aromatic N) is 2. The van der Waals surface area contributed by atoms with E-state index in [2.05, 4.69) is 5.32 Å². The summed E-state index contributed by atoms with van der Waals surface area (Å²) >= 11 is 1.57. The number of halogens is 1. The van der Waals surface area contributed by atoms with Gasteiger partial charge in [0, 0.05) is 31.2 Å². The second-order valence-corrected chi connectivity index (χ2v) is 9.75. The van der Waals surface area contributed by atoms with Gasteiger partial charge in [0.15, 0.2) is 11.5 Å². The summed E-state index contributed by atoms with van der Waals surface area (Å²) in [7, 11) is 3.17. The molecule has 39 heavy (non-hydrogen) atoms. The number of rotatable bonds is 15. The van der Waals surface area contributed by atoms with E-state index in [1.54, 1.807) is 42.6 Å². The molecule has 0 saturated carbocycles. The first-order chi connectivity index (χ1) is 18.9. The number of ether oxygens (including phenoxy) is 3. The smallest absolute Gasteiger partial charge is 0.322 e. The number of para-hydroxylation sites is 1. The van der Waals surface area contributed by atoms with Gasteiger partial charge in [-0.15, -0.1) is 11.3 Å². The number of hydrogen-bond acceptors (Lipinski definition) is 6. The molecule has 0 aliphatic carbocycles. The highest BCUT2D eigenvalue weighted by atomic mass is 32.1. The molecular formula is C29H36FN3O5S. The number of urea groups is 1. The Morgan fingerprint density at radius 1 is 0.974 bits per heavy atom. The molecule has 3 aromatic rings. The number of methoxy groups -OCH3 is 2. The minimum atomic E-state index is -0.541. The molecule has 0 aliphatic rings. The second-order valence-electron chi connectivity index (χ2n) is 8.72. The molecular weight excluding hydrogens is 521 g/mol. The summed E-state index contributed by atoms with van der Waals surface area (Å²) in [6.07, 6.45) is 1.13. The van der Waals surface area contributed by atoms with Gasteiger partial charge in [-0.3, -0.25) is 4.79 Å². The molecule has 10 heteroatoms. The van der Waals surface area contributed by atoms with Crippen molar-refractivity contribution in [3.8, 4) is 11.5 Å². The largest absolute Gasteiger partial charge is 0.493 e. The van der Waals surface area contributed by atoms with E-state index in [-0.39, 0.29) is 24.7 Å². The number of nitrogens with one attached hydrogen (secondary N) is 1. The van der Waals surface area contributed by atoms with Crippen LogP contribution in [0.25, 0.3) is 0 Å². The van der Waals surface area contributed by atoms with Crippen molar-refractivity contribution < 1.29 is 28.2 Å². The van der Waals surface area contributed by atoms with E-state index in [1.807, 2.05) is 42.6 Å². The van der Waals surface area contributed by atoms with Crippen molar-refractivity contribution in [2.24, 2.45) is 0 Å². The summed E-state index contributed by atoms with van der Waals surface area (Å²) in [5.41, 5.74) is 1.05. The van der Waals surface area contributed by atoms with Gasteiger partial charge in [0.2, 0.25) is 5.91 Å². The fourth-order valence-corrected chi connectivity index (χ4v) is 4.68. The van der Waals surface area contributed by atoms with Crippen molar-refractivity contribution in [1.29, 1.82) is 0 Å². The van der Waals surface area contributed by atoms with Crippen LogP contribution >= 0.6 is 11.3 Å². The van der Waals surface area contributed by atoms with Crippen LogP contribution in [-0.4, -0.2) is 68.8 Å². The van der Waals surface area contributed by atoms with E-state index >= 15 is 0 Å². The van der Waals surface area contributed by atoms with Crippen molar-refractivity contribution in [2.75, 3.05) is 52.4 Å². The number of carbonyl (C=O) groups is 2. The van der Waals surface area contributed by atoms with Gasteiger partial charge in [-0.2, -0.15) is 0 Å². The SMILES string of the molecule is CCOCCCN(CC(=O)N(CCc1ccc(OC)c(OC)c1)Cc1cccs1)C(=O)Nc1ccccc1F. The number of thiophene rings is 1. The molecule has 0 fully saturated rings. The van der Waals surface area contributed by atoms with E-state index in [0.717, 1.165) is 10.4 Å². The lowest BCUT2D eigenvalue weighted by Crippen LogP contribution is -2.45. The summed E-state index contributed by atoms with van der Waals surface area (Å²) < 4.78 is 30.3. The third-order valence-corrected chi connectivity index (χ3v) is 6.91. The minimum Gasteiger partial charge on any atom is -0.493 e. The van der Waals surface area contributed by atoms with Crippen LogP contribution in [-0.2, 0) is 22.5 Å². The van der Waals surface area contributed by atoms with E-state index in [9.17, 15) is 14.0 Å². The Hall–Kier alpha value is -3.63. The fourth-order valence-electron chi connectivity index (χ4n) is 3.96. The van der Waals surface area contributed by atoms with Gasteiger partial charge in [0.1, 0.15) is 12.4 Å². The van der Waals surface area contributed by atoms with Gasteiger partial charge < -0.3 is 29.3 Å². The average Bonchev–Trinajstić information content (AvgIpc) is 3.46. The molecule has 1 aromatic heterocycles. The molecule has 2 aromatic carbocycles. The molecule has 1 heterocycles. The predicted octanol–water partition coefficient (Wildman–Crippen LogP) is 5.44. The van der Waals surface area contributed by atoms with Crippen molar-refractivity contribution in [3.63, 3.8) is 0 Å². The molecule has 0 aliphatic heterocycles. The maximum Gasteiger partial charge on any atom is 0.322 e. The van der Waals surface area contributed by atoms with E-state index in [4.69, 9.17) is 14.2 Å². The van der Waals surface area contributed by atoms with E-state index in [1.165, 1.54) is 17.0 Å². The molecule has 3 amide bonds. The van der Waals surface area contributed by atoms with Gasteiger partial charge >= 0.3 is 6.03 Å². The zero-order valence-electron chi connectivity index (χ0n) is 22.7. The molecule has 0 atom stereocenters. The Bertz CT molecular complexity index is 1190. The van der Waals surface area contributed by atoms with E-state index < -0.39 is 11.8 Å². The van der Waals surface area contributed by atoms with Crippen LogP contribution in [0.3, 0.4) is 0 Å². The molecule has 0 radical (unpaired) electrons. The molecule has 1 N–H and O–H groups in total. The van der Waals surface area contributed by atoms with Crippen LogP contribution in [0.4, 0.5) is 14.9 Å². The summed E-state index contributed by atoms with van der Waals surface area (Å²) in [6, 6.07) is 15.0. The number of carbonyl (C=O) groups excluding carboxylic acids is 2. The normalized spacial score (nSPS) is 10.7. The number of amides is 3. The van der Waals surface area contributed by atoms with Crippen molar-refractivity contribution in [1.82, 2.24) is 9.80 Å². The zero-order chi connectivity index (χ0) is 28.0. The Kier molecular flexibility index (Phi) is 12.0. The average molecular weight is 558 g/mol. The van der Waals surface area contributed by atoms with Gasteiger partial charge in [0.05, 0.1) is 26.5 Å². The standard InChI is InChI=1S/C29H36FN3O5S/c1-4-38-17-8-15-33(29(35)31-25-11-6-5-10-24(25)30)21-28(34)32(20-23-9-7-18-39-23)16-14-22-12-13-26(36-2)27(19-22)37-3/h5-7,9-13,18-19H,4,8,14-17,20-21H2,1-3H3,(H,31,35). The highest BCUT2D eigenvalue weighted by Crippen LogP contribution is 2.28. The first-order valence-electron chi connectivity index (χ1n) is 12.8. The van der Waals surface area contributed by atoms with Crippen LogP contribution in [0.2, 0.25) is 0 Å². The number of benzene rings is 2. The number of hydrogen-bond donors (Lipinski definition) is 1. The molecule has 210 valence electrons. The van der Waals surface area contributed by atoms with Gasteiger partial charge in [0.25, 0.3) is 0 Å². The summed E-state index contributed by atoms with van der Waals surface area (Å²) in [5.74, 6) is 0.511. The van der Waals surface area contributed by atoms with Crippen molar-refractivity contribution >= 4 is 29.0 Å². The Morgan fingerprint density at radius 3 is 2.46 bits per heavy atom. The van der Waals surface area contributed by atoms with Crippen LogP contribution in [0.5, 0.6) is 11.5 Å². The van der Waals surface area contributed by atoms with E-state index in [0.29, 0.717) is 50.6 Å². The molecule has 8 nitrogen and oxygen atoms in total. The maximum absolute atomic E-state index is 14.2. The van der Waals surface area contributed by atoms with Crippen molar-refractivity contribution in [2.45, 2.75) is 26.3 Å². The molecule has 0 bridgehead atoms. The number of anilines is 1. The highest BCUT2D eigenvalue weighted by Gasteiger charge is 2.23. The fraction of sp³-hybridized carbons (Fsp3) is 0.379. The highest BCUT2D eigenvalue weighted by molar-refractivity contribution is 7.09. The van der Waals surface area contributed by atoms with Gasteiger partial charge in [-0.25, -0.2) is 9.18 Å². The van der Waals surface area contributed by atoms with Crippen LogP contribution in [0.1, 0.15) is 23.8 Å². The summed E-state index contributed by atoms with van der Waals surface area (Å²) in [5, 5.41) is 4.57. The molecule has 0 spiro atoms. The minimum absolute atomic E-state index is 0.0636. The lowest BCUT2D eigenvalue weighted by atomic mass is 10.1. The summed E-state index contributed by atoms with van der Waals surface area (Å²) in [6.45, 7) is 3.90. The molecule has 0 unspecified atom stereocenters. The Morgan fingerprint density at radius 2 is 1.77 bits per heavy atom. The van der Waals surface area contributed by atoms with Gasteiger partial charge in [-0.05, 0) is 61.0 Å². The van der Waals surface area contributed by atoms with Gasteiger partial charge in [-0.1, -0.05) is 24.3 Å². The molecule has 0 saturated heterocycles. The molecule has 3 rings (SSSR count). The Balaban J connectivity index is 1.74. The first-order valence-corrected chi connectivity index (χ1v) is 13.7. The van der Waals surface area contributed by atoms with Crippen LogP contribution in [0.15, 0.2) is 60.0 Å². The zero-order valence-corrected chi connectivity index (χ0v) is 23.5. The quantitative estimate of drug-likeness (QED) is 0.252. The monoisotopic (exact) mass is 557 g/mol. The third kappa shape index (κ3) is 9.26. The Labute approximate surface area is 233 Å². The lowest BCUT2D eigenvalue weighted by molar-refractivity contribution is -0.132.